The number of rotatable bonds is 7. The molecule has 7 aromatic rings. The molecule has 8 rings (SSSR count). The second-order valence-electron chi connectivity index (χ2n) is 15.6. The molecule has 51 heavy (non-hydrogen) atoms. The molecule has 3 aromatic heterocycles. The van der Waals surface area contributed by atoms with Crippen LogP contribution in [0.4, 0.5) is 0 Å². The number of aromatic nitrogens is 3. The van der Waals surface area contributed by atoms with Crippen LogP contribution in [0.3, 0.4) is 0 Å². The van der Waals surface area contributed by atoms with Crippen molar-refractivity contribution in [3.8, 4) is 22.6 Å². The average molecular weight is 868 g/mol. The van der Waals surface area contributed by atoms with Crippen molar-refractivity contribution in [3.63, 3.8) is 0 Å². The number of hydrogen-bond acceptors (Lipinski definition) is 3. The first-order chi connectivity index (χ1) is 24.1. The molecular formula is C45H49IrN3OSi-2. The quantitative estimate of drug-likeness (QED) is 0.118. The Morgan fingerprint density at radius 2 is 1.63 bits per heavy atom. The molecule has 1 saturated carbocycles. The maximum atomic E-state index is 6.18. The fourth-order valence-electron chi connectivity index (χ4n) is 7.57. The zero-order valence-electron chi connectivity index (χ0n) is 31.0. The molecule has 1 aliphatic rings. The summed E-state index contributed by atoms with van der Waals surface area (Å²) in [5.74, 6) is 2.32. The second-order valence-corrected chi connectivity index (χ2v) is 20.6. The molecule has 1 aliphatic carbocycles. The third kappa shape index (κ3) is 7.70. The van der Waals surface area contributed by atoms with Crippen LogP contribution >= 0.6 is 0 Å². The van der Waals surface area contributed by atoms with E-state index >= 15 is 0 Å². The van der Waals surface area contributed by atoms with Crippen LogP contribution in [0.15, 0.2) is 95.5 Å². The van der Waals surface area contributed by atoms with Crippen molar-refractivity contribution in [3.05, 3.63) is 114 Å². The zero-order chi connectivity index (χ0) is 35.0. The van der Waals surface area contributed by atoms with Crippen LogP contribution in [0.2, 0.25) is 19.6 Å². The van der Waals surface area contributed by atoms with Crippen molar-refractivity contribution in [2.45, 2.75) is 91.4 Å². The van der Waals surface area contributed by atoms with Crippen LogP contribution in [-0.4, -0.2) is 22.6 Å². The van der Waals surface area contributed by atoms with Gasteiger partial charge in [-0.25, -0.2) is 0 Å². The molecule has 1 radical (unpaired) electrons. The maximum absolute atomic E-state index is 6.18. The van der Waals surface area contributed by atoms with Crippen molar-refractivity contribution in [2.75, 3.05) is 0 Å². The van der Waals surface area contributed by atoms with E-state index in [1.54, 1.807) is 10.8 Å². The number of hydrogen-bond donors (Lipinski definition) is 0. The third-order valence-corrected chi connectivity index (χ3v) is 12.3. The summed E-state index contributed by atoms with van der Waals surface area (Å²) in [7, 11) is -1.37. The molecule has 265 valence electrons. The van der Waals surface area contributed by atoms with Crippen LogP contribution in [0.5, 0.6) is 0 Å². The van der Waals surface area contributed by atoms with Gasteiger partial charge in [-0.05, 0) is 55.3 Å². The summed E-state index contributed by atoms with van der Waals surface area (Å²) >= 11 is 0. The Kier molecular flexibility index (Phi) is 11.2. The van der Waals surface area contributed by atoms with Crippen LogP contribution in [0.1, 0.15) is 76.5 Å². The van der Waals surface area contributed by atoms with Crippen LogP contribution in [0.25, 0.3) is 55.6 Å². The van der Waals surface area contributed by atoms with E-state index in [9.17, 15) is 0 Å². The van der Waals surface area contributed by atoms with Gasteiger partial charge < -0.3 is 14.0 Å². The zero-order valence-corrected chi connectivity index (χ0v) is 34.4. The smallest absolute Gasteiger partial charge is 0.120 e. The minimum atomic E-state index is -1.37. The predicted molar refractivity (Wildman–Crippen MR) is 213 cm³/mol. The standard InChI is InChI=1S/C23H32NSi.C22H17N2O.Ir/c1-17(2)19-10-12-20(13-11-19)22-15-21(14-18-8-6-7-9-18)23(16-24-22)25(3,4)5;1-14(2)24-19-12-5-4-11-18(19)23-22(24)17-10-7-9-16-15-8-3-6-13-20(15)25-21(16)17;/h10-12,15-18H,6-9,14H2,1-5H3;3-9,11-14H,1-2H3;/q2*-1;. The summed E-state index contributed by atoms with van der Waals surface area (Å²) in [6.07, 6.45) is 9.04. The number of benzene rings is 4. The van der Waals surface area contributed by atoms with E-state index in [1.165, 1.54) is 37.7 Å². The van der Waals surface area contributed by atoms with Gasteiger partial charge in [0.05, 0.1) is 30.5 Å². The van der Waals surface area contributed by atoms with Crippen molar-refractivity contribution in [1.82, 2.24) is 14.5 Å². The van der Waals surface area contributed by atoms with Gasteiger partial charge in [-0.3, -0.25) is 4.98 Å². The number of para-hydroxylation sites is 3. The predicted octanol–water partition coefficient (Wildman–Crippen LogP) is 11.9. The van der Waals surface area contributed by atoms with Gasteiger partial charge in [0.15, 0.2) is 0 Å². The van der Waals surface area contributed by atoms with Crippen molar-refractivity contribution in [1.29, 1.82) is 0 Å². The molecule has 0 bridgehead atoms. The van der Waals surface area contributed by atoms with Gasteiger partial charge in [0, 0.05) is 37.7 Å². The summed E-state index contributed by atoms with van der Waals surface area (Å²) < 4.78 is 8.44. The second kappa shape index (κ2) is 15.4. The number of fused-ring (bicyclic) bond motifs is 4. The summed E-state index contributed by atoms with van der Waals surface area (Å²) in [5.41, 5.74) is 9.89. The first kappa shape index (κ1) is 36.9. The number of imidazole rings is 1. The van der Waals surface area contributed by atoms with Gasteiger partial charge in [0.2, 0.25) is 0 Å². The van der Waals surface area contributed by atoms with E-state index in [-0.39, 0.29) is 26.1 Å². The number of nitrogens with zero attached hydrogens (tertiary/aromatic N) is 3. The molecule has 0 saturated heterocycles. The number of pyridine rings is 1. The largest absolute Gasteiger partial charge is 0.501 e. The van der Waals surface area contributed by atoms with Gasteiger partial charge in [-0.15, -0.1) is 53.6 Å². The van der Waals surface area contributed by atoms with Crippen LogP contribution in [0, 0.1) is 18.1 Å². The topological polar surface area (TPSA) is 43.9 Å². The van der Waals surface area contributed by atoms with Gasteiger partial charge in [-0.1, -0.05) is 118 Å². The van der Waals surface area contributed by atoms with E-state index in [0.29, 0.717) is 5.92 Å². The summed E-state index contributed by atoms with van der Waals surface area (Å²) in [5, 5.41) is 3.77. The monoisotopic (exact) mass is 868 g/mol. The molecular weight excluding hydrogens is 819 g/mol. The van der Waals surface area contributed by atoms with Crippen molar-refractivity contribution in [2.24, 2.45) is 5.92 Å². The third-order valence-electron chi connectivity index (χ3n) is 10.2. The molecule has 1 fully saturated rings. The summed E-state index contributed by atoms with van der Waals surface area (Å²) in [4.78, 5) is 9.72. The molecule has 4 aromatic carbocycles. The Morgan fingerprint density at radius 3 is 2.33 bits per heavy atom. The summed E-state index contributed by atoms with van der Waals surface area (Å²) in [6, 6.07) is 36.4. The average Bonchev–Trinajstić information content (AvgIpc) is 3.85. The Hall–Kier alpha value is -3.83. The van der Waals surface area contributed by atoms with E-state index in [4.69, 9.17) is 14.4 Å². The Labute approximate surface area is 318 Å². The maximum Gasteiger partial charge on any atom is 0.120 e. The fourth-order valence-corrected chi connectivity index (χ4v) is 9.16. The van der Waals surface area contributed by atoms with E-state index in [2.05, 4.69) is 125 Å². The fraction of sp³-hybridized carbons (Fsp3) is 0.333. The van der Waals surface area contributed by atoms with Crippen molar-refractivity contribution < 1.29 is 24.5 Å². The van der Waals surface area contributed by atoms with Crippen LogP contribution < -0.4 is 5.19 Å². The molecule has 6 heteroatoms. The first-order valence-corrected chi connectivity index (χ1v) is 21.9. The molecule has 0 aliphatic heterocycles. The molecule has 0 N–H and O–H groups in total. The summed E-state index contributed by atoms with van der Waals surface area (Å²) in [6.45, 7) is 16.1. The van der Waals surface area contributed by atoms with Crippen LogP contribution in [-0.2, 0) is 26.5 Å². The Bertz CT molecular complexity index is 2250. The normalized spacial score (nSPS) is 13.7. The molecule has 4 nitrogen and oxygen atoms in total. The SMILES string of the molecule is CC(C)c1c[c-]c(-c2cc(CC3CCCC3)c([Si](C)(C)C)cn2)cc1.CC(C)n1c(-c2[c-]ccc3c2oc2ccccc23)nc2ccccc21.[Ir]. The van der Waals surface area contributed by atoms with Gasteiger partial charge in [0.25, 0.3) is 0 Å². The van der Waals surface area contributed by atoms with Gasteiger partial charge in [-0.2, -0.15) is 0 Å². The number of furan rings is 1. The first-order valence-electron chi connectivity index (χ1n) is 18.4. The Morgan fingerprint density at radius 1 is 0.882 bits per heavy atom. The molecule has 0 atom stereocenters. The molecule has 0 unspecified atom stereocenters. The Balaban J connectivity index is 0.000000172. The van der Waals surface area contributed by atoms with Gasteiger partial charge >= 0.3 is 0 Å². The van der Waals surface area contributed by atoms with Gasteiger partial charge in [0.1, 0.15) is 5.58 Å². The minimum absolute atomic E-state index is 0. The molecule has 3 heterocycles. The molecule has 0 amide bonds. The van der Waals surface area contributed by atoms with E-state index < -0.39 is 8.07 Å². The van der Waals surface area contributed by atoms with E-state index in [1.807, 2.05) is 30.3 Å². The minimum Gasteiger partial charge on any atom is -0.501 e. The van der Waals surface area contributed by atoms with E-state index in [0.717, 1.165) is 61.5 Å². The molecule has 0 spiro atoms. The van der Waals surface area contributed by atoms with Crippen molar-refractivity contribution >= 4 is 46.2 Å².